The SMILES string of the molecule is CC(C)Oc1ccc(Nc2ccccc2Cl)cn1. The molecule has 0 bridgehead atoms. The summed E-state index contributed by atoms with van der Waals surface area (Å²) in [7, 11) is 0. The van der Waals surface area contributed by atoms with Crippen molar-refractivity contribution < 1.29 is 4.74 Å². The van der Waals surface area contributed by atoms with E-state index in [1.165, 1.54) is 0 Å². The minimum Gasteiger partial charge on any atom is -0.475 e. The first-order valence-corrected chi connectivity index (χ1v) is 6.17. The number of pyridine rings is 1. The molecule has 0 amide bonds. The Balaban J connectivity index is 2.09. The first-order chi connectivity index (χ1) is 8.65. The molecule has 0 fully saturated rings. The number of nitrogens with zero attached hydrogens (tertiary/aromatic N) is 1. The molecule has 4 heteroatoms. The number of hydrogen-bond acceptors (Lipinski definition) is 3. The third-order valence-electron chi connectivity index (χ3n) is 2.25. The Morgan fingerprint density at radius 3 is 2.56 bits per heavy atom. The summed E-state index contributed by atoms with van der Waals surface area (Å²) in [5.74, 6) is 0.620. The van der Waals surface area contributed by atoms with Gasteiger partial charge < -0.3 is 10.1 Å². The lowest BCUT2D eigenvalue weighted by molar-refractivity contribution is 0.232. The van der Waals surface area contributed by atoms with Crippen LogP contribution in [0.3, 0.4) is 0 Å². The van der Waals surface area contributed by atoms with Crippen molar-refractivity contribution in [3.05, 3.63) is 47.6 Å². The number of ether oxygens (including phenoxy) is 1. The van der Waals surface area contributed by atoms with Gasteiger partial charge in [0, 0.05) is 6.07 Å². The molecule has 94 valence electrons. The van der Waals surface area contributed by atoms with E-state index in [1.54, 1.807) is 6.20 Å². The summed E-state index contributed by atoms with van der Waals surface area (Å²) in [5, 5.41) is 3.88. The predicted molar refractivity (Wildman–Crippen MR) is 74.7 cm³/mol. The van der Waals surface area contributed by atoms with Gasteiger partial charge in [-0.1, -0.05) is 23.7 Å². The topological polar surface area (TPSA) is 34.1 Å². The number of para-hydroxylation sites is 1. The van der Waals surface area contributed by atoms with E-state index in [0.29, 0.717) is 10.9 Å². The molecular formula is C14H15ClN2O. The maximum Gasteiger partial charge on any atom is 0.213 e. The fourth-order valence-corrected chi connectivity index (χ4v) is 1.67. The van der Waals surface area contributed by atoms with Crippen LogP contribution in [0.25, 0.3) is 0 Å². The molecule has 1 heterocycles. The lowest BCUT2D eigenvalue weighted by Crippen LogP contribution is -2.06. The smallest absolute Gasteiger partial charge is 0.213 e. The molecule has 0 aliphatic heterocycles. The minimum absolute atomic E-state index is 0.125. The van der Waals surface area contributed by atoms with E-state index >= 15 is 0 Å². The van der Waals surface area contributed by atoms with E-state index in [0.717, 1.165) is 11.4 Å². The quantitative estimate of drug-likeness (QED) is 0.894. The lowest BCUT2D eigenvalue weighted by Gasteiger charge is -2.10. The Bertz CT molecular complexity index is 511. The molecule has 0 saturated heterocycles. The van der Waals surface area contributed by atoms with Crippen LogP contribution in [0.4, 0.5) is 11.4 Å². The van der Waals surface area contributed by atoms with Crippen molar-refractivity contribution in [2.24, 2.45) is 0 Å². The van der Waals surface area contributed by atoms with Gasteiger partial charge >= 0.3 is 0 Å². The zero-order valence-electron chi connectivity index (χ0n) is 10.4. The van der Waals surface area contributed by atoms with Gasteiger partial charge in [0.05, 0.1) is 28.7 Å². The number of aromatic nitrogens is 1. The van der Waals surface area contributed by atoms with E-state index in [2.05, 4.69) is 10.3 Å². The number of anilines is 2. The zero-order valence-corrected chi connectivity index (χ0v) is 11.1. The van der Waals surface area contributed by atoms with E-state index in [1.807, 2.05) is 50.2 Å². The largest absolute Gasteiger partial charge is 0.475 e. The van der Waals surface area contributed by atoms with Gasteiger partial charge in [-0.25, -0.2) is 4.98 Å². The summed E-state index contributed by atoms with van der Waals surface area (Å²) in [6.07, 6.45) is 1.85. The Morgan fingerprint density at radius 2 is 1.94 bits per heavy atom. The van der Waals surface area contributed by atoms with Crippen LogP contribution < -0.4 is 10.1 Å². The zero-order chi connectivity index (χ0) is 13.0. The molecule has 1 aromatic carbocycles. The fraction of sp³-hybridized carbons (Fsp3) is 0.214. The molecule has 0 unspecified atom stereocenters. The second kappa shape index (κ2) is 5.74. The van der Waals surface area contributed by atoms with Crippen LogP contribution >= 0.6 is 11.6 Å². The summed E-state index contributed by atoms with van der Waals surface area (Å²) in [5.41, 5.74) is 1.73. The predicted octanol–water partition coefficient (Wildman–Crippen LogP) is 4.27. The van der Waals surface area contributed by atoms with Crippen molar-refractivity contribution in [2.45, 2.75) is 20.0 Å². The average molecular weight is 263 g/mol. The summed E-state index contributed by atoms with van der Waals surface area (Å²) in [6.45, 7) is 3.94. The van der Waals surface area contributed by atoms with Crippen LogP contribution in [0.5, 0.6) is 5.88 Å². The van der Waals surface area contributed by atoms with Crippen LogP contribution in [-0.4, -0.2) is 11.1 Å². The Kier molecular flexibility index (Phi) is 4.05. The highest BCUT2D eigenvalue weighted by molar-refractivity contribution is 6.33. The van der Waals surface area contributed by atoms with Gasteiger partial charge in [0.2, 0.25) is 5.88 Å². The molecular weight excluding hydrogens is 248 g/mol. The van der Waals surface area contributed by atoms with E-state index in [4.69, 9.17) is 16.3 Å². The lowest BCUT2D eigenvalue weighted by atomic mass is 10.3. The van der Waals surface area contributed by atoms with Crippen LogP contribution in [0.1, 0.15) is 13.8 Å². The van der Waals surface area contributed by atoms with Crippen LogP contribution in [0.2, 0.25) is 5.02 Å². The van der Waals surface area contributed by atoms with E-state index in [9.17, 15) is 0 Å². The van der Waals surface area contributed by atoms with Crippen LogP contribution in [-0.2, 0) is 0 Å². The Labute approximate surface area is 112 Å². The van der Waals surface area contributed by atoms with Gasteiger partial charge in [-0.2, -0.15) is 0 Å². The van der Waals surface area contributed by atoms with Crippen molar-refractivity contribution >= 4 is 23.0 Å². The van der Waals surface area contributed by atoms with Crippen LogP contribution in [0.15, 0.2) is 42.6 Å². The minimum atomic E-state index is 0.125. The summed E-state index contributed by atoms with van der Waals surface area (Å²) in [6, 6.07) is 11.3. The first-order valence-electron chi connectivity index (χ1n) is 5.79. The molecule has 2 rings (SSSR count). The van der Waals surface area contributed by atoms with Crippen molar-refractivity contribution in [1.82, 2.24) is 4.98 Å². The first kappa shape index (κ1) is 12.7. The van der Waals surface area contributed by atoms with Gasteiger partial charge in [0.15, 0.2) is 0 Å². The molecule has 3 nitrogen and oxygen atoms in total. The molecule has 18 heavy (non-hydrogen) atoms. The van der Waals surface area contributed by atoms with Gasteiger partial charge in [0.25, 0.3) is 0 Å². The third kappa shape index (κ3) is 3.37. The van der Waals surface area contributed by atoms with Crippen molar-refractivity contribution in [3.8, 4) is 5.88 Å². The number of benzene rings is 1. The third-order valence-corrected chi connectivity index (χ3v) is 2.58. The van der Waals surface area contributed by atoms with Crippen molar-refractivity contribution in [2.75, 3.05) is 5.32 Å². The highest BCUT2D eigenvalue weighted by Crippen LogP contribution is 2.25. The molecule has 0 spiro atoms. The molecule has 0 aliphatic carbocycles. The van der Waals surface area contributed by atoms with Gasteiger partial charge in [-0.15, -0.1) is 0 Å². The molecule has 0 aliphatic rings. The fourth-order valence-electron chi connectivity index (χ4n) is 1.48. The molecule has 1 aromatic heterocycles. The Morgan fingerprint density at radius 1 is 1.17 bits per heavy atom. The standard InChI is InChI=1S/C14H15ClN2O/c1-10(2)18-14-8-7-11(9-16-14)17-13-6-4-3-5-12(13)15/h3-10,17H,1-2H3. The number of rotatable bonds is 4. The second-order valence-corrected chi connectivity index (χ2v) is 4.56. The Hall–Kier alpha value is -1.74. The molecule has 0 radical (unpaired) electrons. The molecule has 2 aromatic rings. The summed E-state index contributed by atoms with van der Waals surface area (Å²) < 4.78 is 5.48. The molecule has 0 atom stereocenters. The van der Waals surface area contributed by atoms with Gasteiger partial charge in [-0.3, -0.25) is 0 Å². The second-order valence-electron chi connectivity index (χ2n) is 4.16. The molecule has 1 N–H and O–H groups in total. The van der Waals surface area contributed by atoms with Crippen molar-refractivity contribution in [3.63, 3.8) is 0 Å². The highest BCUT2D eigenvalue weighted by Gasteiger charge is 2.02. The number of halogens is 1. The van der Waals surface area contributed by atoms with E-state index < -0.39 is 0 Å². The average Bonchev–Trinajstić information content (AvgIpc) is 2.34. The maximum atomic E-state index is 6.07. The van der Waals surface area contributed by atoms with Gasteiger partial charge in [-0.05, 0) is 32.0 Å². The normalized spacial score (nSPS) is 10.4. The number of nitrogens with one attached hydrogen (secondary N) is 1. The monoisotopic (exact) mass is 262 g/mol. The number of hydrogen-bond donors (Lipinski definition) is 1. The molecule has 0 saturated carbocycles. The highest BCUT2D eigenvalue weighted by atomic mass is 35.5. The van der Waals surface area contributed by atoms with Crippen molar-refractivity contribution in [1.29, 1.82) is 0 Å². The van der Waals surface area contributed by atoms with Crippen LogP contribution in [0, 0.1) is 0 Å². The summed E-state index contributed by atoms with van der Waals surface area (Å²) in [4.78, 5) is 4.22. The van der Waals surface area contributed by atoms with E-state index in [-0.39, 0.29) is 6.10 Å². The maximum absolute atomic E-state index is 6.07. The van der Waals surface area contributed by atoms with Gasteiger partial charge in [0.1, 0.15) is 0 Å². The summed E-state index contributed by atoms with van der Waals surface area (Å²) >= 11 is 6.07.